The SMILES string of the molecule is CO[C@@H]1CN(CCO)C[C@H]1n1ccnc1. The highest BCUT2D eigenvalue weighted by Crippen LogP contribution is 2.23. The Morgan fingerprint density at radius 3 is 3.00 bits per heavy atom. The molecule has 1 N–H and O–H groups in total. The first-order valence-corrected chi connectivity index (χ1v) is 5.18. The van der Waals surface area contributed by atoms with Gasteiger partial charge in [0, 0.05) is 39.1 Å². The molecule has 0 aliphatic carbocycles. The molecule has 2 atom stereocenters. The van der Waals surface area contributed by atoms with E-state index in [4.69, 9.17) is 9.84 Å². The van der Waals surface area contributed by atoms with E-state index >= 15 is 0 Å². The Hall–Kier alpha value is -0.910. The molecule has 84 valence electrons. The van der Waals surface area contributed by atoms with Crippen LogP contribution in [-0.2, 0) is 4.74 Å². The summed E-state index contributed by atoms with van der Waals surface area (Å²) in [6.07, 6.45) is 5.74. The summed E-state index contributed by atoms with van der Waals surface area (Å²) in [5.74, 6) is 0. The lowest BCUT2D eigenvalue weighted by Gasteiger charge is -2.17. The third-order valence-electron chi connectivity index (χ3n) is 2.94. The third kappa shape index (κ3) is 2.19. The maximum absolute atomic E-state index is 8.90. The Morgan fingerprint density at radius 2 is 2.40 bits per heavy atom. The zero-order valence-corrected chi connectivity index (χ0v) is 8.91. The number of likely N-dealkylation sites (tertiary alicyclic amines) is 1. The van der Waals surface area contributed by atoms with E-state index in [2.05, 4.69) is 14.5 Å². The van der Waals surface area contributed by atoms with Gasteiger partial charge in [-0.3, -0.25) is 4.90 Å². The average molecular weight is 211 g/mol. The van der Waals surface area contributed by atoms with E-state index in [9.17, 15) is 0 Å². The van der Waals surface area contributed by atoms with E-state index in [1.165, 1.54) is 0 Å². The number of nitrogens with zero attached hydrogens (tertiary/aromatic N) is 3. The lowest BCUT2D eigenvalue weighted by atomic mass is 10.2. The molecular weight excluding hydrogens is 194 g/mol. The van der Waals surface area contributed by atoms with Gasteiger partial charge in [0.1, 0.15) is 0 Å². The summed E-state index contributed by atoms with van der Waals surface area (Å²) < 4.78 is 7.53. The minimum atomic E-state index is 0.186. The molecular formula is C10H17N3O2. The Kier molecular flexibility index (Phi) is 3.35. The van der Waals surface area contributed by atoms with Gasteiger partial charge < -0.3 is 14.4 Å². The molecule has 5 nitrogen and oxygen atoms in total. The number of methoxy groups -OCH3 is 1. The second-order valence-corrected chi connectivity index (χ2v) is 3.83. The van der Waals surface area contributed by atoms with Crippen LogP contribution in [0.1, 0.15) is 6.04 Å². The number of rotatable bonds is 4. The Labute approximate surface area is 89.3 Å². The molecule has 2 rings (SSSR count). The predicted molar refractivity (Wildman–Crippen MR) is 55.6 cm³/mol. The van der Waals surface area contributed by atoms with Gasteiger partial charge in [0.2, 0.25) is 0 Å². The molecule has 5 heteroatoms. The van der Waals surface area contributed by atoms with Gasteiger partial charge >= 0.3 is 0 Å². The van der Waals surface area contributed by atoms with E-state index in [1.54, 1.807) is 13.3 Å². The minimum Gasteiger partial charge on any atom is -0.395 e. The smallest absolute Gasteiger partial charge is 0.0949 e. The number of aromatic nitrogens is 2. The fraction of sp³-hybridized carbons (Fsp3) is 0.700. The second kappa shape index (κ2) is 4.74. The van der Waals surface area contributed by atoms with Crippen LogP contribution in [0.2, 0.25) is 0 Å². The molecule has 1 saturated heterocycles. The van der Waals surface area contributed by atoms with Crippen LogP contribution in [0, 0.1) is 0 Å². The molecule has 0 radical (unpaired) electrons. The molecule has 0 unspecified atom stereocenters. The van der Waals surface area contributed by atoms with E-state index in [0.29, 0.717) is 12.6 Å². The van der Waals surface area contributed by atoms with E-state index < -0.39 is 0 Å². The van der Waals surface area contributed by atoms with Gasteiger partial charge in [-0.1, -0.05) is 0 Å². The van der Waals surface area contributed by atoms with Crippen molar-refractivity contribution in [1.29, 1.82) is 0 Å². The maximum atomic E-state index is 8.90. The number of hydrogen-bond donors (Lipinski definition) is 1. The molecule has 1 fully saturated rings. The van der Waals surface area contributed by atoms with Crippen LogP contribution in [0.4, 0.5) is 0 Å². The fourth-order valence-corrected chi connectivity index (χ4v) is 2.14. The summed E-state index contributed by atoms with van der Waals surface area (Å²) in [5, 5.41) is 8.90. The van der Waals surface area contributed by atoms with Gasteiger partial charge in [-0.05, 0) is 0 Å². The zero-order chi connectivity index (χ0) is 10.7. The highest BCUT2D eigenvalue weighted by molar-refractivity contribution is 4.92. The summed E-state index contributed by atoms with van der Waals surface area (Å²) in [5.41, 5.74) is 0. The van der Waals surface area contributed by atoms with E-state index in [-0.39, 0.29) is 12.7 Å². The average Bonchev–Trinajstić information content (AvgIpc) is 2.84. The van der Waals surface area contributed by atoms with Gasteiger partial charge in [-0.25, -0.2) is 4.98 Å². The van der Waals surface area contributed by atoms with Crippen LogP contribution >= 0.6 is 0 Å². The summed E-state index contributed by atoms with van der Waals surface area (Å²) >= 11 is 0. The quantitative estimate of drug-likeness (QED) is 0.746. The van der Waals surface area contributed by atoms with E-state index in [0.717, 1.165) is 13.1 Å². The van der Waals surface area contributed by atoms with Crippen molar-refractivity contribution in [3.05, 3.63) is 18.7 Å². The molecule has 1 aliphatic rings. The predicted octanol–water partition coefficient (Wildman–Crippen LogP) is -0.253. The molecule has 1 aliphatic heterocycles. The minimum absolute atomic E-state index is 0.186. The standard InChI is InChI=1S/C10H17N3O2/c1-15-10-7-12(4-5-14)6-9(10)13-3-2-11-8-13/h2-3,8-10,14H,4-7H2,1H3/t9-,10-/m1/s1. The number of β-amino-alcohol motifs (C(OH)–C–C–N with tert-alkyl or cyclic N) is 1. The third-order valence-corrected chi connectivity index (χ3v) is 2.94. The number of aliphatic hydroxyl groups excluding tert-OH is 1. The molecule has 0 bridgehead atoms. The molecule has 1 aromatic rings. The lowest BCUT2D eigenvalue weighted by Crippen LogP contribution is -2.25. The van der Waals surface area contributed by atoms with Crippen LogP contribution in [0.5, 0.6) is 0 Å². The summed E-state index contributed by atoms with van der Waals surface area (Å²) in [4.78, 5) is 6.25. The van der Waals surface area contributed by atoms with Crippen molar-refractivity contribution in [1.82, 2.24) is 14.5 Å². The van der Waals surface area contributed by atoms with Crippen LogP contribution in [0.15, 0.2) is 18.7 Å². The molecule has 0 saturated carbocycles. The number of imidazole rings is 1. The van der Waals surface area contributed by atoms with Crippen LogP contribution in [0.25, 0.3) is 0 Å². The molecule has 2 heterocycles. The Balaban J connectivity index is 2.04. The number of hydrogen-bond acceptors (Lipinski definition) is 4. The fourth-order valence-electron chi connectivity index (χ4n) is 2.14. The van der Waals surface area contributed by atoms with Crippen LogP contribution in [0.3, 0.4) is 0 Å². The Morgan fingerprint density at radius 1 is 1.53 bits per heavy atom. The highest BCUT2D eigenvalue weighted by Gasteiger charge is 2.33. The van der Waals surface area contributed by atoms with Gasteiger partial charge in [-0.15, -0.1) is 0 Å². The summed E-state index contributed by atoms with van der Waals surface area (Å²) in [6, 6.07) is 0.309. The van der Waals surface area contributed by atoms with Gasteiger partial charge in [0.05, 0.1) is 25.1 Å². The molecule has 1 aromatic heterocycles. The maximum Gasteiger partial charge on any atom is 0.0949 e. The van der Waals surface area contributed by atoms with Crippen molar-refractivity contribution in [2.75, 3.05) is 33.4 Å². The molecule has 0 aromatic carbocycles. The molecule has 15 heavy (non-hydrogen) atoms. The van der Waals surface area contributed by atoms with Crippen molar-refractivity contribution >= 4 is 0 Å². The number of aliphatic hydroxyl groups is 1. The van der Waals surface area contributed by atoms with E-state index in [1.807, 2.05) is 12.5 Å². The van der Waals surface area contributed by atoms with Crippen molar-refractivity contribution in [2.24, 2.45) is 0 Å². The largest absolute Gasteiger partial charge is 0.395 e. The topological polar surface area (TPSA) is 50.5 Å². The molecule has 0 amide bonds. The van der Waals surface area contributed by atoms with Gasteiger partial charge in [0.15, 0.2) is 0 Å². The van der Waals surface area contributed by atoms with Gasteiger partial charge in [0.25, 0.3) is 0 Å². The van der Waals surface area contributed by atoms with Crippen LogP contribution in [-0.4, -0.2) is 59.0 Å². The summed E-state index contributed by atoms with van der Waals surface area (Å²) in [7, 11) is 1.73. The first-order valence-electron chi connectivity index (χ1n) is 5.18. The lowest BCUT2D eigenvalue weighted by molar-refractivity contribution is 0.0804. The first-order chi connectivity index (χ1) is 7.35. The number of ether oxygens (including phenoxy) is 1. The highest BCUT2D eigenvalue weighted by atomic mass is 16.5. The van der Waals surface area contributed by atoms with Crippen molar-refractivity contribution in [3.8, 4) is 0 Å². The van der Waals surface area contributed by atoms with Crippen molar-refractivity contribution in [2.45, 2.75) is 12.1 Å². The van der Waals surface area contributed by atoms with Crippen molar-refractivity contribution < 1.29 is 9.84 Å². The van der Waals surface area contributed by atoms with Crippen LogP contribution < -0.4 is 0 Å². The summed E-state index contributed by atoms with van der Waals surface area (Å²) in [6.45, 7) is 2.70. The monoisotopic (exact) mass is 211 g/mol. The van der Waals surface area contributed by atoms with Crippen molar-refractivity contribution in [3.63, 3.8) is 0 Å². The first kappa shape index (κ1) is 10.6. The second-order valence-electron chi connectivity index (χ2n) is 3.83. The van der Waals surface area contributed by atoms with Gasteiger partial charge in [-0.2, -0.15) is 0 Å². The zero-order valence-electron chi connectivity index (χ0n) is 8.91. The normalized spacial score (nSPS) is 27.3. The molecule has 0 spiro atoms. The Bertz CT molecular complexity index is 289.